The van der Waals surface area contributed by atoms with Crippen molar-refractivity contribution in [3.8, 4) is 11.5 Å². The molecular formula is C22H27NO3. The molecule has 1 amide bonds. The summed E-state index contributed by atoms with van der Waals surface area (Å²) in [5.41, 5.74) is 3.17. The molecule has 0 aromatic heterocycles. The van der Waals surface area contributed by atoms with Gasteiger partial charge in [0.2, 0.25) is 5.91 Å². The van der Waals surface area contributed by atoms with Crippen molar-refractivity contribution in [2.45, 2.75) is 52.2 Å². The molecule has 4 nitrogen and oxygen atoms in total. The van der Waals surface area contributed by atoms with Crippen LogP contribution in [-0.4, -0.2) is 18.6 Å². The van der Waals surface area contributed by atoms with Crippen LogP contribution in [0.3, 0.4) is 0 Å². The van der Waals surface area contributed by atoms with Gasteiger partial charge in [0.15, 0.2) is 0 Å². The van der Waals surface area contributed by atoms with Crippen LogP contribution in [0.2, 0.25) is 0 Å². The van der Waals surface area contributed by atoms with E-state index in [1.165, 1.54) is 5.56 Å². The van der Waals surface area contributed by atoms with Gasteiger partial charge in [-0.2, -0.15) is 0 Å². The van der Waals surface area contributed by atoms with Crippen molar-refractivity contribution in [2.75, 3.05) is 6.61 Å². The van der Waals surface area contributed by atoms with Gasteiger partial charge < -0.3 is 14.8 Å². The number of hydrogen-bond donors (Lipinski definition) is 1. The quantitative estimate of drug-likeness (QED) is 0.811. The number of carbonyl (C=O) groups excluding carboxylic acids is 1. The van der Waals surface area contributed by atoms with Crippen LogP contribution in [0.15, 0.2) is 42.5 Å². The average molecular weight is 353 g/mol. The minimum atomic E-state index is -0.141. The summed E-state index contributed by atoms with van der Waals surface area (Å²) in [6.45, 7) is 7.10. The Morgan fingerprint density at radius 1 is 1.27 bits per heavy atom. The van der Waals surface area contributed by atoms with Crippen LogP contribution in [0.25, 0.3) is 0 Å². The van der Waals surface area contributed by atoms with Crippen LogP contribution in [0.1, 0.15) is 49.8 Å². The fourth-order valence-corrected chi connectivity index (χ4v) is 3.47. The molecular weight excluding hydrogens is 326 g/mol. The molecule has 26 heavy (non-hydrogen) atoms. The molecule has 1 aliphatic rings. The summed E-state index contributed by atoms with van der Waals surface area (Å²) in [4.78, 5) is 12.7. The van der Waals surface area contributed by atoms with Gasteiger partial charge in [0.05, 0.1) is 12.5 Å². The second-order valence-electron chi connectivity index (χ2n) is 6.72. The monoisotopic (exact) mass is 353 g/mol. The number of benzene rings is 2. The Bertz CT molecular complexity index is 757. The maximum Gasteiger partial charge on any atom is 0.227 e. The lowest BCUT2D eigenvalue weighted by molar-refractivity contribution is -0.122. The number of amides is 1. The largest absolute Gasteiger partial charge is 0.494 e. The number of ether oxygens (including phenoxy) is 2. The molecule has 0 aliphatic carbocycles. The standard InChI is InChI=1S/C22H27NO3/c1-4-19(16-9-7-6-8-10-16)22(24)23-14-18-13-21-17(11-15(3)26-21)12-20(18)25-5-2/h6-10,12-13,15,19H,4-5,11,14H2,1-3H3,(H,23,24). The lowest BCUT2D eigenvalue weighted by Gasteiger charge is -2.17. The van der Waals surface area contributed by atoms with Crippen LogP contribution in [0.4, 0.5) is 0 Å². The first kappa shape index (κ1) is 18.3. The van der Waals surface area contributed by atoms with E-state index in [1.807, 2.05) is 50.2 Å². The molecule has 1 heterocycles. The number of hydrogen-bond acceptors (Lipinski definition) is 3. The zero-order valence-corrected chi connectivity index (χ0v) is 15.7. The lowest BCUT2D eigenvalue weighted by atomic mass is 9.95. The summed E-state index contributed by atoms with van der Waals surface area (Å²) in [6, 6.07) is 14.0. The maximum atomic E-state index is 12.7. The van der Waals surface area contributed by atoms with Gasteiger partial charge >= 0.3 is 0 Å². The zero-order chi connectivity index (χ0) is 18.5. The average Bonchev–Trinajstić information content (AvgIpc) is 3.00. The summed E-state index contributed by atoms with van der Waals surface area (Å²) in [5.74, 6) is 1.63. The SMILES string of the molecule is CCOc1cc2c(cc1CNC(=O)C(CC)c1ccccc1)OC(C)C2. The fourth-order valence-electron chi connectivity index (χ4n) is 3.47. The first-order valence-corrected chi connectivity index (χ1v) is 9.40. The molecule has 1 N–H and O–H groups in total. The van der Waals surface area contributed by atoms with Crippen molar-refractivity contribution in [1.82, 2.24) is 5.32 Å². The van der Waals surface area contributed by atoms with Gasteiger partial charge in [-0.1, -0.05) is 37.3 Å². The second kappa shape index (κ2) is 8.26. The van der Waals surface area contributed by atoms with E-state index < -0.39 is 0 Å². The summed E-state index contributed by atoms with van der Waals surface area (Å²) in [5, 5.41) is 3.08. The van der Waals surface area contributed by atoms with E-state index in [9.17, 15) is 4.79 Å². The van der Waals surface area contributed by atoms with Crippen molar-refractivity contribution >= 4 is 5.91 Å². The molecule has 2 aromatic carbocycles. The molecule has 2 unspecified atom stereocenters. The number of nitrogens with one attached hydrogen (secondary N) is 1. The van der Waals surface area contributed by atoms with Gasteiger partial charge in [0.1, 0.15) is 17.6 Å². The number of rotatable bonds is 7. The minimum Gasteiger partial charge on any atom is -0.494 e. The minimum absolute atomic E-state index is 0.0379. The molecule has 2 aromatic rings. The molecule has 138 valence electrons. The topological polar surface area (TPSA) is 47.6 Å². The fraction of sp³-hybridized carbons (Fsp3) is 0.409. The van der Waals surface area contributed by atoms with Crippen LogP contribution < -0.4 is 14.8 Å². The Balaban J connectivity index is 1.74. The second-order valence-corrected chi connectivity index (χ2v) is 6.72. The number of carbonyl (C=O) groups is 1. The van der Waals surface area contributed by atoms with Crippen molar-refractivity contribution in [3.05, 3.63) is 59.2 Å². The van der Waals surface area contributed by atoms with Crippen molar-refractivity contribution in [2.24, 2.45) is 0 Å². The molecule has 3 rings (SSSR count). The summed E-state index contributed by atoms with van der Waals surface area (Å²) in [7, 11) is 0. The van der Waals surface area contributed by atoms with Gasteiger partial charge in [0, 0.05) is 24.1 Å². The Hall–Kier alpha value is -2.49. The summed E-state index contributed by atoms with van der Waals surface area (Å²) >= 11 is 0. The molecule has 0 saturated carbocycles. The molecule has 4 heteroatoms. The maximum absolute atomic E-state index is 12.7. The molecule has 1 aliphatic heterocycles. The van der Waals surface area contributed by atoms with Crippen molar-refractivity contribution < 1.29 is 14.3 Å². The van der Waals surface area contributed by atoms with E-state index in [4.69, 9.17) is 9.47 Å². The van der Waals surface area contributed by atoms with Gasteiger partial charge in [0.25, 0.3) is 0 Å². The Morgan fingerprint density at radius 3 is 2.73 bits per heavy atom. The normalized spacial score (nSPS) is 16.5. The van der Waals surface area contributed by atoms with Gasteiger partial charge in [-0.25, -0.2) is 0 Å². The van der Waals surface area contributed by atoms with Crippen LogP contribution in [0.5, 0.6) is 11.5 Å². The molecule has 0 radical (unpaired) electrons. The summed E-state index contributed by atoms with van der Waals surface area (Å²) in [6.07, 6.45) is 1.85. The highest BCUT2D eigenvalue weighted by molar-refractivity contribution is 5.83. The van der Waals surface area contributed by atoms with E-state index in [0.717, 1.165) is 35.5 Å². The van der Waals surface area contributed by atoms with E-state index in [2.05, 4.69) is 18.3 Å². The van der Waals surface area contributed by atoms with Crippen molar-refractivity contribution in [1.29, 1.82) is 0 Å². The van der Waals surface area contributed by atoms with E-state index in [-0.39, 0.29) is 17.9 Å². The van der Waals surface area contributed by atoms with Crippen LogP contribution in [-0.2, 0) is 17.8 Å². The smallest absolute Gasteiger partial charge is 0.227 e. The highest BCUT2D eigenvalue weighted by Gasteiger charge is 2.23. The van der Waals surface area contributed by atoms with Gasteiger partial charge in [-0.15, -0.1) is 0 Å². The van der Waals surface area contributed by atoms with Gasteiger partial charge in [-0.3, -0.25) is 4.79 Å². The third-order valence-corrected chi connectivity index (χ3v) is 4.76. The third-order valence-electron chi connectivity index (χ3n) is 4.76. The molecule has 0 fully saturated rings. The highest BCUT2D eigenvalue weighted by Crippen LogP contribution is 2.35. The predicted octanol–water partition coefficient (Wildman–Crippen LogP) is 4.22. The van der Waals surface area contributed by atoms with Gasteiger partial charge in [-0.05, 0) is 38.0 Å². The van der Waals surface area contributed by atoms with E-state index in [0.29, 0.717) is 13.2 Å². The van der Waals surface area contributed by atoms with Crippen molar-refractivity contribution in [3.63, 3.8) is 0 Å². The highest BCUT2D eigenvalue weighted by atomic mass is 16.5. The van der Waals surface area contributed by atoms with Crippen LogP contribution >= 0.6 is 0 Å². The zero-order valence-electron chi connectivity index (χ0n) is 15.7. The lowest BCUT2D eigenvalue weighted by Crippen LogP contribution is -2.29. The molecule has 0 bridgehead atoms. The van der Waals surface area contributed by atoms with Crippen LogP contribution in [0, 0.1) is 0 Å². The van der Waals surface area contributed by atoms with E-state index in [1.54, 1.807) is 0 Å². The van der Waals surface area contributed by atoms with E-state index >= 15 is 0 Å². The predicted molar refractivity (Wildman–Crippen MR) is 103 cm³/mol. The summed E-state index contributed by atoms with van der Waals surface area (Å²) < 4.78 is 11.7. The molecule has 2 atom stereocenters. The first-order chi connectivity index (χ1) is 12.6. The first-order valence-electron chi connectivity index (χ1n) is 9.40. The Kier molecular flexibility index (Phi) is 5.82. The Labute approximate surface area is 155 Å². The molecule has 0 saturated heterocycles. The third kappa shape index (κ3) is 4.01. The Morgan fingerprint density at radius 2 is 2.04 bits per heavy atom. The number of fused-ring (bicyclic) bond motifs is 1. The molecule has 0 spiro atoms.